The van der Waals surface area contributed by atoms with Gasteiger partial charge in [0.2, 0.25) is 0 Å². The Labute approximate surface area is 196 Å². The number of fused-ring (bicyclic) bond motifs is 1. The maximum Gasteiger partial charge on any atom is 0.410 e. The topological polar surface area (TPSA) is 127 Å². The summed E-state index contributed by atoms with van der Waals surface area (Å²) in [5.41, 5.74) is 2.35. The van der Waals surface area contributed by atoms with Crippen LogP contribution < -0.4 is 5.32 Å². The van der Waals surface area contributed by atoms with Crippen molar-refractivity contribution in [1.29, 1.82) is 0 Å². The van der Waals surface area contributed by atoms with Crippen molar-refractivity contribution < 1.29 is 23.9 Å². The second-order valence-corrected chi connectivity index (χ2v) is 9.01. The molecule has 1 aliphatic heterocycles. The average Bonchev–Trinajstić information content (AvgIpc) is 3.25. The molecule has 3 aromatic heterocycles. The number of piperazine rings is 1. The number of Topliss-reactive ketones (excluding diaryl/α,β-unsaturated/α-hetero) is 1. The minimum Gasteiger partial charge on any atom is -0.463 e. The summed E-state index contributed by atoms with van der Waals surface area (Å²) in [5, 5.41) is 3.82. The largest absolute Gasteiger partial charge is 0.463 e. The number of nitrogens with zero attached hydrogens (tertiary/aromatic N) is 3. The number of pyridine rings is 2. The zero-order valence-electron chi connectivity index (χ0n) is 19.5. The van der Waals surface area contributed by atoms with Crippen molar-refractivity contribution in [2.75, 3.05) is 26.7 Å². The third-order valence-electron chi connectivity index (χ3n) is 5.48. The zero-order valence-corrected chi connectivity index (χ0v) is 19.5. The van der Waals surface area contributed by atoms with E-state index in [0.717, 1.165) is 23.9 Å². The third-order valence-corrected chi connectivity index (χ3v) is 5.48. The summed E-state index contributed by atoms with van der Waals surface area (Å²) in [6.45, 7) is 7.30. The molecular formula is C24H27N5O5. The predicted molar refractivity (Wildman–Crippen MR) is 124 cm³/mol. The monoisotopic (exact) mass is 465 g/mol. The van der Waals surface area contributed by atoms with E-state index in [4.69, 9.17) is 4.74 Å². The van der Waals surface area contributed by atoms with Crippen molar-refractivity contribution in [1.82, 2.24) is 25.2 Å². The molecular weight excluding hydrogens is 438 g/mol. The summed E-state index contributed by atoms with van der Waals surface area (Å²) in [6.07, 6.45) is 4.45. The van der Waals surface area contributed by atoms with Crippen LogP contribution in [0, 0.1) is 0 Å². The summed E-state index contributed by atoms with van der Waals surface area (Å²) < 4.78 is 10.1. The van der Waals surface area contributed by atoms with Gasteiger partial charge in [0.15, 0.2) is 0 Å². The quantitative estimate of drug-likeness (QED) is 0.342. The summed E-state index contributed by atoms with van der Waals surface area (Å²) in [5.74, 6) is -1.68. The van der Waals surface area contributed by atoms with E-state index in [-0.39, 0.29) is 17.7 Å². The minimum absolute atomic E-state index is 0.196. The first-order valence-electron chi connectivity index (χ1n) is 10.9. The van der Waals surface area contributed by atoms with E-state index in [9.17, 15) is 14.4 Å². The molecule has 1 unspecified atom stereocenters. The lowest BCUT2D eigenvalue weighted by Gasteiger charge is -2.36. The SMILES string of the molecule is COC(=O)C(=O)c1c[nH]c2ncc(-c3ccc(C4CNCCN4C(=O)OC(C)(C)C)nc3)cc12. The Morgan fingerprint density at radius 2 is 1.88 bits per heavy atom. The van der Waals surface area contributed by atoms with Crippen LogP contribution >= 0.6 is 0 Å². The molecule has 0 saturated carbocycles. The summed E-state index contributed by atoms with van der Waals surface area (Å²) in [7, 11) is 1.16. The highest BCUT2D eigenvalue weighted by atomic mass is 16.6. The molecule has 1 aliphatic rings. The number of rotatable bonds is 4. The normalized spacial score (nSPS) is 16.4. The summed E-state index contributed by atoms with van der Waals surface area (Å²) >= 11 is 0. The Bertz CT molecular complexity index is 1230. The van der Waals surface area contributed by atoms with Crippen LogP contribution in [-0.2, 0) is 14.3 Å². The molecule has 2 N–H and O–H groups in total. The fourth-order valence-corrected chi connectivity index (χ4v) is 3.83. The molecule has 1 atom stereocenters. The molecule has 0 aliphatic carbocycles. The first-order chi connectivity index (χ1) is 16.2. The smallest absolute Gasteiger partial charge is 0.410 e. The van der Waals surface area contributed by atoms with Crippen molar-refractivity contribution in [3.05, 3.63) is 48.0 Å². The molecule has 3 aromatic rings. The Balaban J connectivity index is 1.60. The molecule has 0 spiro atoms. The van der Waals surface area contributed by atoms with Crippen molar-refractivity contribution >= 4 is 28.9 Å². The molecule has 0 bridgehead atoms. The number of carbonyl (C=O) groups is 3. The van der Waals surface area contributed by atoms with Gasteiger partial charge in [0.25, 0.3) is 5.78 Å². The number of aromatic nitrogens is 3. The second-order valence-electron chi connectivity index (χ2n) is 9.01. The van der Waals surface area contributed by atoms with Crippen molar-refractivity contribution in [3.8, 4) is 11.1 Å². The Morgan fingerprint density at radius 1 is 1.12 bits per heavy atom. The van der Waals surface area contributed by atoms with Gasteiger partial charge in [0.05, 0.1) is 24.4 Å². The van der Waals surface area contributed by atoms with Crippen LogP contribution in [0.3, 0.4) is 0 Å². The van der Waals surface area contributed by atoms with E-state index in [1.165, 1.54) is 6.20 Å². The van der Waals surface area contributed by atoms with E-state index >= 15 is 0 Å². The number of amides is 1. The Morgan fingerprint density at radius 3 is 2.56 bits per heavy atom. The van der Waals surface area contributed by atoms with Crippen molar-refractivity contribution in [2.45, 2.75) is 32.4 Å². The number of ether oxygens (including phenoxy) is 2. The van der Waals surface area contributed by atoms with E-state index in [2.05, 4.69) is 25.0 Å². The second kappa shape index (κ2) is 9.22. The number of methoxy groups -OCH3 is 1. The van der Waals surface area contributed by atoms with Crippen molar-refractivity contribution in [3.63, 3.8) is 0 Å². The lowest BCUT2D eigenvalue weighted by Crippen LogP contribution is -2.50. The lowest BCUT2D eigenvalue weighted by molar-refractivity contribution is -0.135. The molecule has 10 heteroatoms. The van der Waals surface area contributed by atoms with E-state index in [0.29, 0.717) is 30.7 Å². The molecule has 1 saturated heterocycles. The molecule has 4 rings (SSSR count). The van der Waals surface area contributed by atoms with Crippen LogP contribution in [0.2, 0.25) is 0 Å². The number of aromatic amines is 1. The number of carbonyl (C=O) groups excluding carboxylic acids is 3. The highest BCUT2D eigenvalue weighted by Gasteiger charge is 2.32. The molecule has 178 valence electrons. The Hall–Kier alpha value is -3.79. The van der Waals surface area contributed by atoms with Gasteiger partial charge in [-0.3, -0.25) is 14.7 Å². The summed E-state index contributed by atoms with van der Waals surface area (Å²) in [4.78, 5) is 50.3. The molecule has 34 heavy (non-hydrogen) atoms. The van der Waals surface area contributed by atoms with Crippen LogP contribution in [0.15, 0.2) is 36.8 Å². The number of hydrogen-bond donors (Lipinski definition) is 2. The predicted octanol–water partition coefficient (Wildman–Crippen LogP) is 2.86. The van der Waals surface area contributed by atoms with Crippen LogP contribution in [0.5, 0.6) is 0 Å². The van der Waals surface area contributed by atoms with Crippen LogP contribution in [-0.4, -0.2) is 70.0 Å². The van der Waals surface area contributed by atoms with Gasteiger partial charge in [-0.05, 0) is 32.9 Å². The van der Waals surface area contributed by atoms with Gasteiger partial charge in [-0.15, -0.1) is 0 Å². The summed E-state index contributed by atoms with van der Waals surface area (Å²) in [6, 6.07) is 5.28. The van der Waals surface area contributed by atoms with E-state index < -0.39 is 17.4 Å². The molecule has 0 aromatic carbocycles. The molecule has 1 fully saturated rings. The van der Waals surface area contributed by atoms with Gasteiger partial charge in [0.1, 0.15) is 11.2 Å². The number of H-pyrrole nitrogens is 1. The van der Waals surface area contributed by atoms with Gasteiger partial charge in [-0.25, -0.2) is 14.6 Å². The molecule has 10 nitrogen and oxygen atoms in total. The van der Waals surface area contributed by atoms with E-state index in [1.54, 1.807) is 23.4 Å². The van der Waals surface area contributed by atoms with Crippen LogP contribution in [0.4, 0.5) is 4.79 Å². The average molecular weight is 466 g/mol. The van der Waals surface area contributed by atoms with Gasteiger partial charge in [0, 0.05) is 54.7 Å². The highest BCUT2D eigenvalue weighted by Crippen LogP contribution is 2.28. The highest BCUT2D eigenvalue weighted by molar-refractivity contribution is 6.42. The first-order valence-corrected chi connectivity index (χ1v) is 10.9. The number of ketones is 1. The fraction of sp³-hybridized carbons (Fsp3) is 0.375. The maximum atomic E-state index is 12.7. The van der Waals surface area contributed by atoms with Gasteiger partial charge >= 0.3 is 12.1 Å². The molecule has 1 amide bonds. The number of esters is 1. The minimum atomic E-state index is -0.937. The first kappa shape index (κ1) is 23.4. The van der Waals surface area contributed by atoms with Crippen molar-refractivity contribution in [2.24, 2.45) is 0 Å². The zero-order chi connectivity index (χ0) is 24.5. The fourth-order valence-electron chi connectivity index (χ4n) is 3.83. The number of hydrogen-bond acceptors (Lipinski definition) is 8. The van der Waals surface area contributed by atoms with Crippen LogP contribution in [0.1, 0.15) is 42.9 Å². The van der Waals surface area contributed by atoms with E-state index in [1.807, 2.05) is 32.9 Å². The van der Waals surface area contributed by atoms with Gasteiger partial charge < -0.3 is 19.8 Å². The molecule has 4 heterocycles. The van der Waals surface area contributed by atoms with Gasteiger partial charge in [-0.2, -0.15) is 0 Å². The van der Waals surface area contributed by atoms with Gasteiger partial charge in [-0.1, -0.05) is 6.07 Å². The Kier molecular flexibility index (Phi) is 6.34. The lowest BCUT2D eigenvalue weighted by atomic mass is 10.0. The standard InChI is InChI=1S/C24H27N5O5/c1-24(2,3)34-23(32)29-8-7-25-13-19(29)18-6-5-14(10-26-18)15-9-16-17(20(30)22(31)33-4)12-28-21(16)27-11-15/h5-6,9-12,19,25H,7-8,13H2,1-4H3,(H,27,28). The third kappa shape index (κ3) is 4.76. The maximum absolute atomic E-state index is 12.7. The van der Waals surface area contributed by atoms with Crippen LogP contribution in [0.25, 0.3) is 22.2 Å². The number of nitrogens with one attached hydrogen (secondary N) is 2. The molecule has 0 radical (unpaired) electrons.